The highest BCUT2D eigenvalue weighted by molar-refractivity contribution is 7.12. The Hall–Kier alpha value is -2.98. The predicted octanol–water partition coefficient (Wildman–Crippen LogP) is 0.893. The van der Waals surface area contributed by atoms with Gasteiger partial charge in [0.25, 0.3) is 0 Å². The minimum atomic E-state index is 0.381. The van der Waals surface area contributed by atoms with Gasteiger partial charge in [-0.05, 0) is 36.7 Å². The number of hydrogen-bond acceptors (Lipinski definition) is 10. The number of hydrazone groups is 2. The van der Waals surface area contributed by atoms with Gasteiger partial charge in [-0.3, -0.25) is 10.9 Å². The molecule has 2 N–H and O–H groups in total. The molecule has 0 atom stereocenters. The van der Waals surface area contributed by atoms with E-state index in [2.05, 4.69) is 41.4 Å². The van der Waals surface area contributed by atoms with Crippen LogP contribution in [0.2, 0.25) is 0 Å². The first-order chi connectivity index (χ1) is 12.7. The molecule has 3 aromatic rings. The first-order valence-corrected chi connectivity index (χ1v) is 9.39. The number of nitrogens with one attached hydrogen (secondary N) is 2. The summed E-state index contributed by atoms with van der Waals surface area (Å²) in [4.78, 5) is 2.11. The van der Waals surface area contributed by atoms with Gasteiger partial charge in [0.2, 0.25) is 11.0 Å². The zero-order valence-electron chi connectivity index (χ0n) is 14.1. The van der Waals surface area contributed by atoms with Crippen LogP contribution in [-0.2, 0) is 0 Å². The third-order valence-electron chi connectivity index (χ3n) is 3.08. The summed E-state index contributed by atoms with van der Waals surface area (Å²) in [5, 5.41) is 28.5. The Labute approximate surface area is 157 Å². The number of rotatable bonds is 6. The lowest BCUT2D eigenvalue weighted by atomic mass is 10.5. The summed E-state index contributed by atoms with van der Waals surface area (Å²) in [6.07, 6.45) is 3.47. The molecule has 0 unspecified atom stereocenters. The smallest absolute Gasteiger partial charge is 0.216 e. The van der Waals surface area contributed by atoms with E-state index in [4.69, 9.17) is 0 Å². The first-order valence-electron chi connectivity index (χ1n) is 7.63. The summed E-state index contributed by atoms with van der Waals surface area (Å²) >= 11 is 3.21. The van der Waals surface area contributed by atoms with Gasteiger partial charge in [0.05, 0.1) is 23.8 Å². The molecule has 0 fully saturated rings. The van der Waals surface area contributed by atoms with E-state index in [0.717, 1.165) is 9.75 Å². The second-order valence-corrected chi connectivity index (χ2v) is 7.03. The maximum Gasteiger partial charge on any atom is 0.216 e. The van der Waals surface area contributed by atoms with Crippen molar-refractivity contribution < 1.29 is 0 Å². The molecule has 0 aliphatic rings. The molecule has 0 aliphatic carbocycles. The van der Waals surface area contributed by atoms with Gasteiger partial charge in [0.15, 0.2) is 0 Å². The van der Waals surface area contributed by atoms with Crippen LogP contribution in [0.15, 0.2) is 45.2 Å². The molecule has 0 saturated heterocycles. The Balaban J connectivity index is 1.68. The Morgan fingerprint density at radius 2 is 1.23 bits per heavy atom. The van der Waals surface area contributed by atoms with Gasteiger partial charge >= 0.3 is 0 Å². The molecule has 132 valence electrons. The van der Waals surface area contributed by atoms with Crippen molar-refractivity contribution >= 4 is 46.5 Å². The van der Waals surface area contributed by atoms with Crippen molar-refractivity contribution in [3.05, 3.63) is 55.7 Å². The van der Waals surface area contributed by atoms with E-state index in [1.807, 2.05) is 48.9 Å². The second-order valence-electron chi connectivity index (χ2n) is 5.07. The van der Waals surface area contributed by atoms with Gasteiger partial charge in [0, 0.05) is 9.75 Å². The fourth-order valence-corrected chi connectivity index (χ4v) is 2.91. The van der Waals surface area contributed by atoms with Crippen LogP contribution in [0.25, 0.3) is 11.4 Å². The fourth-order valence-electron chi connectivity index (χ4n) is 1.74. The Bertz CT molecular complexity index is 900. The molecule has 8 nitrogen and oxygen atoms in total. The Morgan fingerprint density at radius 3 is 1.58 bits per heavy atom. The highest BCUT2D eigenvalue weighted by Gasteiger charge is 1.97. The van der Waals surface area contributed by atoms with E-state index in [1.165, 1.54) is 0 Å². The number of thiophene rings is 2. The topological polar surface area (TPSA) is 100 Å². The zero-order valence-corrected chi connectivity index (χ0v) is 15.8. The van der Waals surface area contributed by atoms with Gasteiger partial charge in [-0.15, -0.1) is 43.1 Å². The number of hydrogen-bond donors (Lipinski definition) is 2. The summed E-state index contributed by atoms with van der Waals surface area (Å²) < 4.78 is 0. The Morgan fingerprint density at radius 1 is 0.808 bits per heavy atom. The van der Waals surface area contributed by atoms with Gasteiger partial charge in [-0.1, -0.05) is 12.1 Å². The molecule has 26 heavy (non-hydrogen) atoms. The highest BCUT2D eigenvalue weighted by atomic mass is 32.1. The average Bonchev–Trinajstić information content (AvgIpc) is 3.36. The molecule has 0 aromatic carbocycles. The standard InChI is InChI=1S/C16H16N8S2/c1-11(19-17-9-13-5-3-7-25-13)15-21-23-16(24-22-15)12(2)20-18-10-14-6-4-8-26-14/h3-10,19-20H,1-2H3/b15-11?,16-12?,17-9+,18-10+. The third kappa shape index (κ3) is 5.01. The van der Waals surface area contributed by atoms with Gasteiger partial charge < -0.3 is 0 Å². The van der Waals surface area contributed by atoms with Crippen molar-refractivity contribution in [1.82, 2.24) is 31.2 Å². The van der Waals surface area contributed by atoms with E-state index < -0.39 is 0 Å². The minimum absolute atomic E-state index is 0.381. The minimum Gasteiger partial charge on any atom is -0.279 e. The normalized spacial score (nSPS) is 11.2. The lowest BCUT2D eigenvalue weighted by Crippen LogP contribution is -2.32. The van der Waals surface area contributed by atoms with E-state index >= 15 is 0 Å². The molecule has 10 heteroatoms. The van der Waals surface area contributed by atoms with Crippen molar-refractivity contribution in [2.45, 2.75) is 13.8 Å². The molecule has 0 bridgehead atoms. The van der Waals surface area contributed by atoms with Crippen molar-refractivity contribution in [3.8, 4) is 0 Å². The van der Waals surface area contributed by atoms with Crippen molar-refractivity contribution in [2.75, 3.05) is 0 Å². The lowest BCUT2D eigenvalue weighted by Gasteiger charge is -1.98. The van der Waals surface area contributed by atoms with Crippen LogP contribution in [0.1, 0.15) is 23.6 Å². The van der Waals surface area contributed by atoms with Gasteiger partial charge in [-0.2, -0.15) is 10.2 Å². The fraction of sp³-hybridized carbons (Fsp3) is 0.125. The van der Waals surface area contributed by atoms with E-state index in [0.29, 0.717) is 22.4 Å². The summed E-state index contributed by atoms with van der Waals surface area (Å²) in [6.45, 7) is 3.62. The van der Waals surface area contributed by atoms with Gasteiger partial charge in [0.1, 0.15) is 0 Å². The van der Waals surface area contributed by atoms with E-state index in [-0.39, 0.29) is 0 Å². The van der Waals surface area contributed by atoms with E-state index in [1.54, 1.807) is 35.1 Å². The molecular formula is C16H16N8S2. The molecule has 0 aliphatic heterocycles. The van der Waals surface area contributed by atoms with Crippen LogP contribution in [0, 0.1) is 0 Å². The first kappa shape index (κ1) is 17.8. The Kier molecular flexibility index (Phi) is 6.12. The largest absolute Gasteiger partial charge is 0.279 e. The molecule has 3 heterocycles. The van der Waals surface area contributed by atoms with Crippen LogP contribution in [-0.4, -0.2) is 32.8 Å². The maximum absolute atomic E-state index is 4.14. The predicted molar refractivity (Wildman–Crippen MR) is 105 cm³/mol. The quantitative estimate of drug-likeness (QED) is 0.484. The molecule has 0 radical (unpaired) electrons. The average molecular weight is 384 g/mol. The number of aromatic nitrogens is 4. The summed E-state index contributed by atoms with van der Waals surface area (Å²) in [5.41, 5.74) is 7.84. The number of nitrogens with zero attached hydrogens (tertiary/aromatic N) is 6. The van der Waals surface area contributed by atoms with Crippen LogP contribution >= 0.6 is 22.7 Å². The lowest BCUT2D eigenvalue weighted by molar-refractivity contribution is 0.750. The third-order valence-corrected chi connectivity index (χ3v) is 4.70. The summed E-state index contributed by atoms with van der Waals surface area (Å²) in [7, 11) is 0. The van der Waals surface area contributed by atoms with Crippen molar-refractivity contribution in [1.29, 1.82) is 0 Å². The summed E-state index contributed by atoms with van der Waals surface area (Å²) in [6, 6.07) is 7.89. The summed E-state index contributed by atoms with van der Waals surface area (Å²) in [5.74, 6) is 0. The molecule has 0 spiro atoms. The molecular weight excluding hydrogens is 368 g/mol. The van der Waals surface area contributed by atoms with Gasteiger partial charge in [-0.25, -0.2) is 0 Å². The molecule has 0 saturated carbocycles. The molecule has 3 aromatic heterocycles. The maximum atomic E-state index is 4.14. The SMILES string of the molecule is CC(N/N=C/c1cccs1)=c1nnc(=C(C)N/N=C/c2cccs2)nn1. The van der Waals surface area contributed by atoms with Crippen LogP contribution < -0.4 is 21.8 Å². The molecule has 3 rings (SSSR count). The van der Waals surface area contributed by atoms with Crippen LogP contribution in [0.5, 0.6) is 0 Å². The second kappa shape index (κ2) is 8.92. The highest BCUT2D eigenvalue weighted by Crippen LogP contribution is 2.04. The molecule has 0 amide bonds. The van der Waals surface area contributed by atoms with Crippen molar-refractivity contribution in [2.24, 2.45) is 10.2 Å². The van der Waals surface area contributed by atoms with Crippen LogP contribution in [0.3, 0.4) is 0 Å². The zero-order chi connectivity index (χ0) is 18.2. The van der Waals surface area contributed by atoms with Crippen LogP contribution in [0.4, 0.5) is 0 Å². The van der Waals surface area contributed by atoms with Crippen molar-refractivity contribution in [3.63, 3.8) is 0 Å². The monoisotopic (exact) mass is 384 g/mol. The van der Waals surface area contributed by atoms with E-state index in [9.17, 15) is 0 Å².